The van der Waals surface area contributed by atoms with Crippen LogP contribution in [0.3, 0.4) is 0 Å². The van der Waals surface area contributed by atoms with Gasteiger partial charge in [-0.25, -0.2) is 0 Å². The van der Waals surface area contributed by atoms with Gasteiger partial charge in [0.25, 0.3) is 0 Å². The Morgan fingerprint density at radius 2 is 1.86 bits per heavy atom. The molecule has 0 saturated carbocycles. The zero-order valence-electron chi connectivity index (χ0n) is 14.5. The standard InChI is InChI=1S/C15H28N4O.2ClH/c1-11-13(12(2)19(6)17-11)7-8-14(20)18(5)10-15(3,4)9-16;;/h7-10,16H2,1-6H3;2*1H. The Morgan fingerprint density at radius 3 is 2.27 bits per heavy atom. The highest BCUT2D eigenvalue weighted by molar-refractivity contribution is 5.85. The average Bonchev–Trinajstić information content (AvgIpc) is 2.60. The lowest BCUT2D eigenvalue weighted by molar-refractivity contribution is -0.131. The van der Waals surface area contributed by atoms with Crippen molar-refractivity contribution in [1.82, 2.24) is 14.7 Å². The van der Waals surface area contributed by atoms with E-state index in [1.165, 1.54) is 5.56 Å². The molecule has 1 amide bonds. The maximum absolute atomic E-state index is 12.2. The Bertz CT molecular complexity index is 486. The number of rotatable bonds is 6. The highest BCUT2D eigenvalue weighted by atomic mass is 35.5. The molecule has 0 bridgehead atoms. The van der Waals surface area contributed by atoms with Gasteiger partial charge in [0.15, 0.2) is 0 Å². The smallest absolute Gasteiger partial charge is 0.222 e. The molecular weight excluding hydrogens is 323 g/mol. The van der Waals surface area contributed by atoms with Gasteiger partial charge in [-0.15, -0.1) is 24.8 Å². The fraction of sp³-hybridized carbons (Fsp3) is 0.733. The fourth-order valence-corrected chi connectivity index (χ4v) is 2.40. The molecule has 0 atom stereocenters. The molecule has 0 spiro atoms. The van der Waals surface area contributed by atoms with Crippen molar-refractivity contribution in [2.45, 2.75) is 40.5 Å². The minimum atomic E-state index is -0.0372. The number of aryl methyl sites for hydroxylation is 2. The van der Waals surface area contributed by atoms with Crippen molar-refractivity contribution in [2.24, 2.45) is 18.2 Å². The fourth-order valence-electron chi connectivity index (χ4n) is 2.40. The number of carbonyl (C=O) groups is 1. The van der Waals surface area contributed by atoms with E-state index in [9.17, 15) is 4.79 Å². The summed E-state index contributed by atoms with van der Waals surface area (Å²) in [7, 11) is 3.78. The van der Waals surface area contributed by atoms with Crippen molar-refractivity contribution < 1.29 is 4.79 Å². The van der Waals surface area contributed by atoms with E-state index in [0.717, 1.165) is 17.8 Å². The van der Waals surface area contributed by atoms with Crippen LogP contribution in [-0.2, 0) is 18.3 Å². The summed E-state index contributed by atoms with van der Waals surface area (Å²) in [5, 5.41) is 4.38. The third-order valence-corrected chi connectivity index (χ3v) is 3.89. The number of nitrogens with two attached hydrogens (primary N) is 1. The molecule has 7 heteroatoms. The van der Waals surface area contributed by atoms with Crippen LogP contribution in [0.4, 0.5) is 0 Å². The maximum atomic E-state index is 12.2. The first kappa shape index (κ1) is 23.5. The second-order valence-corrected chi connectivity index (χ2v) is 6.39. The van der Waals surface area contributed by atoms with Crippen LogP contribution < -0.4 is 5.73 Å². The molecule has 1 aromatic heterocycles. The Kier molecular flexibility index (Phi) is 10.0. The lowest BCUT2D eigenvalue weighted by atomic mass is 9.93. The highest BCUT2D eigenvalue weighted by Gasteiger charge is 2.21. The SMILES string of the molecule is Cc1nn(C)c(C)c1CCC(=O)N(C)CC(C)(C)CN.Cl.Cl. The molecule has 22 heavy (non-hydrogen) atoms. The Morgan fingerprint density at radius 1 is 1.32 bits per heavy atom. The number of hydrogen-bond donors (Lipinski definition) is 1. The molecule has 0 radical (unpaired) electrons. The number of amides is 1. The van der Waals surface area contributed by atoms with Crippen LogP contribution in [0.25, 0.3) is 0 Å². The molecule has 0 unspecified atom stereocenters. The number of hydrogen-bond acceptors (Lipinski definition) is 3. The minimum Gasteiger partial charge on any atom is -0.345 e. The molecule has 1 aromatic rings. The summed E-state index contributed by atoms with van der Waals surface area (Å²) < 4.78 is 1.87. The number of carbonyl (C=O) groups excluding carboxylic acids is 1. The van der Waals surface area contributed by atoms with Crippen molar-refractivity contribution in [3.63, 3.8) is 0 Å². The molecule has 2 N–H and O–H groups in total. The van der Waals surface area contributed by atoms with Crippen LogP contribution >= 0.6 is 24.8 Å². The molecule has 0 aliphatic rings. The monoisotopic (exact) mass is 352 g/mol. The van der Waals surface area contributed by atoms with Gasteiger partial charge in [0.2, 0.25) is 5.91 Å². The minimum absolute atomic E-state index is 0. The summed E-state index contributed by atoms with van der Waals surface area (Å²) in [6, 6.07) is 0. The van der Waals surface area contributed by atoms with Crippen LogP contribution in [-0.4, -0.2) is 40.7 Å². The second-order valence-electron chi connectivity index (χ2n) is 6.39. The van der Waals surface area contributed by atoms with Gasteiger partial charge in [-0.3, -0.25) is 9.48 Å². The quantitative estimate of drug-likeness (QED) is 0.853. The largest absolute Gasteiger partial charge is 0.345 e. The first-order valence-corrected chi connectivity index (χ1v) is 7.11. The van der Waals surface area contributed by atoms with Gasteiger partial charge in [0, 0.05) is 32.8 Å². The van der Waals surface area contributed by atoms with Crippen molar-refractivity contribution >= 4 is 30.7 Å². The summed E-state index contributed by atoms with van der Waals surface area (Å²) in [6.45, 7) is 9.45. The van der Waals surface area contributed by atoms with E-state index in [1.807, 2.05) is 32.6 Å². The van der Waals surface area contributed by atoms with E-state index in [1.54, 1.807) is 4.90 Å². The van der Waals surface area contributed by atoms with E-state index in [4.69, 9.17) is 5.73 Å². The van der Waals surface area contributed by atoms with Gasteiger partial charge in [0.05, 0.1) is 5.69 Å². The Hall–Kier alpha value is -0.780. The summed E-state index contributed by atoms with van der Waals surface area (Å²) >= 11 is 0. The molecule has 0 saturated heterocycles. The van der Waals surface area contributed by atoms with E-state index in [-0.39, 0.29) is 36.1 Å². The zero-order chi connectivity index (χ0) is 15.5. The van der Waals surface area contributed by atoms with E-state index < -0.39 is 0 Å². The molecule has 0 aliphatic heterocycles. The molecule has 5 nitrogen and oxygen atoms in total. The summed E-state index contributed by atoms with van der Waals surface area (Å²) in [6.07, 6.45) is 1.27. The summed E-state index contributed by atoms with van der Waals surface area (Å²) in [5.41, 5.74) is 9.02. The van der Waals surface area contributed by atoms with Gasteiger partial charge in [0.1, 0.15) is 0 Å². The molecule has 0 fully saturated rings. The van der Waals surface area contributed by atoms with Crippen molar-refractivity contribution in [2.75, 3.05) is 20.1 Å². The molecule has 130 valence electrons. The number of aromatic nitrogens is 2. The predicted molar refractivity (Wildman–Crippen MR) is 96.0 cm³/mol. The van der Waals surface area contributed by atoms with Crippen molar-refractivity contribution in [3.05, 3.63) is 17.0 Å². The van der Waals surface area contributed by atoms with Crippen LogP contribution in [0.1, 0.15) is 37.2 Å². The lowest BCUT2D eigenvalue weighted by Gasteiger charge is -2.29. The van der Waals surface area contributed by atoms with Crippen LogP contribution in [0.15, 0.2) is 0 Å². The van der Waals surface area contributed by atoms with E-state index in [0.29, 0.717) is 19.5 Å². The van der Waals surface area contributed by atoms with Crippen molar-refractivity contribution in [1.29, 1.82) is 0 Å². The molecular formula is C15H30Cl2N4O. The highest BCUT2D eigenvalue weighted by Crippen LogP contribution is 2.17. The predicted octanol–water partition coefficient (Wildman–Crippen LogP) is 2.26. The van der Waals surface area contributed by atoms with Crippen LogP contribution in [0, 0.1) is 19.3 Å². The first-order chi connectivity index (χ1) is 9.18. The van der Waals surface area contributed by atoms with Crippen molar-refractivity contribution in [3.8, 4) is 0 Å². The summed E-state index contributed by atoms with van der Waals surface area (Å²) in [4.78, 5) is 14.0. The molecule has 0 aromatic carbocycles. The van der Waals surface area contributed by atoms with Crippen LogP contribution in [0.5, 0.6) is 0 Å². The van der Waals surface area contributed by atoms with Gasteiger partial charge in [-0.05, 0) is 37.8 Å². The third kappa shape index (κ3) is 6.15. The van der Waals surface area contributed by atoms with Gasteiger partial charge < -0.3 is 10.6 Å². The second kappa shape index (κ2) is 9.38. The number of halogens is 2. The molecule has 1 rings (SSSR count). The molecule has 0 aliphatic carbocycles. The number of nitrogens with zero attached hydrogens (tertiary/aromatic N) is 3. The Balaban J connectivity index is 0. The topological polar surface area (TPSA) is 64.2 Å². The average molecular weight is 353 g/mol. The van der Waals surface area contributed by atoms with Gasteiger partial charge >= 0.3 is 0 Å². The van der Waals surface area contributed by atoms with E-state index >= 15 is 0 Å². The normalized spacial score (nSPS) is 10.7. The zero-order valence-corrected chi connectivity index (χ0v) is 16.1. The van der Waals surface area contributed by atoms with E-state index in [2.05, 4.69) is 18.9 Å². The molecule has 1 heterocycles. The van der Waals surface area contributed by atoms with Gasteiger partial charge in [-0.2, -0.15) is 5.10 Å². The summed E-state index contributed by atoms with van der Waals surface area (Å²) in [5.74, 6) is 0.161. The Labute approximate surface area is 146 Å². The lowest BCUT2D eigenvalue weighted by Crippen LogP contribution is -2.39. The van der Waals surface area contributed by atoms with Gasteiger partial charge in [-0.1, -0.05) is 13.8 Å². The maximum Gasteiger partial charge on any atom is 0.222 e. The first-order valence-electron chi connectivity index (χ1n) is 7.11. The van der Waals surface area contributed by atoms with Crippen LogP contribution in [0.2, 0.25) is 0 Å². The third-order valence-electron chi connectivity index (χ3n) is 3.89.